The topological polar surface area (TPSA) is 94.8 Å². The van der Waals surface area contributed by atoms with E-state index in [0.29, 0.717) is 5.39 Å². The predicted molar refractivity (Wildman–Crippen MR) is 57.1 cm³/mol. The lowest BCUT2D eigenvalue weighted by molar-refractivity contribution is 0.405. The van der Waals surface area contributed by atoms with Crippen LogP contribution in [-0.4, -0.2) is 23.2 Å². The number of phenols is 2. The molecule has 0 heterocycles. The first kappa shape index (κ1) is 10.7. The van der Waals surface area contributed by atoms with Gasteiger partial charge in [-0.05, 0) is 23.6 Å². The van der Waals surface area contributed by atoms with Gasteiger partial charge in [-0.15, -0.1) is 0 Å². The van der Waals surface area contributed by atoms with Crippen molar-refractivity contribution in [2.24, 2.45) is 0 Å². The molecule has 0 bridgehead atoms. The van der Waals surface area contributed by atoms with Crippen molar-refractivity contribution < 1.29 is 23.2 Å². The van der Waals surface area contributed by atoms with Gasteiger partial charge in [0.2, 0.25) is 0 Å². The third kappa shape index (κ3) is 1.68. The fraction of sp³-hybridized carbons (Fsp3) is 0. The van der Waals surface area contributed by atoms with Gasteiger partial charge in [0.15, 0.2) is 11.5 Å². The molecule has 0 aliphatic heterocycles. The summed E-state index contributed by atoms with van der Waals surface area (Å²) in [7, 11) is -4.35. The van der Waals surface area contributed by atoms with Gasteiger partial charge in [-0.3, -0.25) is 4.55 Å². The van der Waals surface area contributed by atoms with Crippen LogP contribution in [0.25, 0.3) is 10.8 Å². The molecule has 0 saturated carbocycles. The number of phenolic OH excluding ortho intramolecular Hbond substituents is 2. The Morgan fingerprint density at radius 3 is 2.25 bits per heavy atom. The van der Waals surface area contributed by atoms with Crippen LogP contribution in [0.1, 0.15) is 0 Å². The number of hydrogen-bond donors (Lipinski definition) is 3. The minimum Gasteiger partial charge on any atom is -0.504 e. The van der Waals surface area contributed by atoms with Crippen LogP contribution in [0, 0.1) is 0 Å². The smallest absolute Gasteiger partial charge is 0.295 e. The first-order valence-corrected chi connectivity index (χ1v) is 5.76. The minimum atomic E-state index is -4.35. The highest BCUT2D eigenvalue weighted by molar-refractivity contribution is 7.86. The van der Waals surface area contributed by atoms with E-state index in [1.807, 2.05) is 0 Å². The Balaban J connectivity index is 2.93. The van der Waals surface area contributed by atoms with E-state index < -0.39 is 15.9 Å². The van der Waals surface area contributed by atoms with E-state index in [0.717, 1.165) is 6.07 Å². The summed E-state index contributed by atoms with van der Waals surface area (Å²) in [5.74, 6) is -0.788. The third-order valence-electron chi connectivity index (χ3n) is 2.21. The summed E-state index contributed by atoms with van der Waals surface area (Å²) in [6, 6.07) is 6.52. The van der Waals surface area contributed by atoms with E-state index >= 15 is 0 Å². The molecule has 2 aromatic rings. The van der Waals surface area contributed by atoms with Crippen LogP contribution in [0.5, 0.6) is 11.5 Å². The fourth-order valence-corrected chi connectivity index (χ4v) is 2.20. The van der Waals surface area contributed by atoms with Crippen LogP contribution in [-0.2, 0) is 10.1 Å². The molecule has 0 aliphatic rings. The summed E-state index contributed by atoms with van der Waals surface area (Å²) in [4.78, 5) is -0.305. The van der Waals surface area contributed by atoms with Gasteiger partial charge >= 0.3 is 0 Å². The Morgan fingerprint density at radius 2 is 1.62 bits per heavy atom. The molecule has 0 aliphatic carbocycles. The van der Waals surface area contributed by atoms with Crippen LogP contribution >= 0.6 is 0 Å². The van der Waals surface area contributed by atoms with Crippen LogP contribution in [0.2, 0.25) is 0 Å². The lowest BCUT2D eigenvalue weighted by Crippen LogP contribution is -1.98. The lowest BCUT2D eigenvalue weighted by atomic mass is 10.1. The zero-order valence-electron chi connectivity index (χ0n) is 7.95. The maximum Gasteiger partial charge on any atom is 0.295 e. The molecule has 84 valence electrons. The number of fused-ring (bicyclic) bond motifs is 1. The van der Waals surface area contributed by atoms with Crippen molar-refractivity contribution in [2.45, 2.75) is 4.90 Å². The number of aromatic hydroxyl groups is 2. The van der Waals surface area contributed by atoms with Crippen LogP contribution < -0.4 is 0 Å². The first-order valence-electron chi connectivity index (χ1n) is 4.32. The molecule has 0 saturated heterocycles. The van der Waals surface area contributed by atoms with Crippen molar-refractivity contribution in [3.63, 3.8) is 0 Å². The van der Waals surface area contributed by atoms with Crippen molar-refractivity contribution >= 4 is 20.9 Å². The Kier molecular flexibility index (Phi) is 2.25. The molecule has 6 heteroatoms. The largest absolute Gasteiger partial charge is 0.504 e. The molecular formula is C10H8O5S. The van der Waals surface area contributed by atoms with Gasteiger partial charge in [-0.1, -0.05) is 12.1 Å². The summed E-state index contributed by atoms with van der Waals surface area (Å²) >= 11 is 0. The molecule has 0 radical (unpaired) electrons. The van der Waals surface area contributed by atoms with Crippen LogP contribution in [0.3, 0.4) is 0 Å². The molecule has 5 nitrogen and oxygen atoms in total. The van der Waals surface area contributed by atoms with Crippen molar-refractivity contribution in [1.29, 1.82) is 0 Å². The molecule has 0 atom stereocenters. The maximum absolute atomic E-state index is 11.1. The number of rotatable bonds is 1. The highest BCUT2D eigenvalue weighted by atomic mass is 32.2. The average Bonchev–Trinajstić information content (AvgIpc) is 2.17. The monoisotopic (exact) mass is 240 g/mol. The van der Waals surface area contributed by atoms with E-state index in [-0.39, 0.29) is 16.0 Å². The van der Waals surface area contributed by atoms with Crippen molar-refractivity contribution in [3.8, 4) is 11.5 Å². The van der Waals surface area contributed by atoms with Crippen molar-refractivity contribution in [3.05, 3.63) is 30.3 Å². The highest BCUT2D eigenvalue weighted by Crippen LogP contribution is 2.33. The van der Waals surface area contributed by atoms with Gasteiger partial charge < -0.3 is 10.2 Å². The second kappa shape index (κ2) is 3.36. The predicted octanol–water partition coefficient (Wildman–Crippen LogP) is 1.50. The lowest BCUT2D eigenvalue weighted by Gasteiger charge is -2.05. The molecule has 0 unspecified atom stereocenters. The van der Waals surface area contributed by atoms with Crippen LogP contribution in [0.15, 0.2) is 35.2 Å². The molecule has 0 amide bonds. The second-order valence-corrected chi connectivity index (χ2v) is 4.68. The minimum absolute atomic E-state index is 0.153. The summed E-state index contributed by atoms with van der Waals surface area (Å²) in [6.45, 7) is 0. The SMILES string of the molecule is O=S(=O)(O)c1cccc2cc(O)c(O)cc12. The van der Waals surface area contributed by atoms with Gasteiger partial charge in [0.05, 0.1) is 0 Å². The van der Waals surface area contributed by atoms with Gasteiger partial charge in [-0.2, -0.15) is 8.42 Å². The average molecular weight is 240 g/mol. The zero-order chi connectivity index (χ0) is 11.9. The summed E-state index contributed by atoms with van der Waals surface area (Å²) < 4.78 is 31.1. The molecule has 0 spiro atoms. The van der Waals surface area contributed by atoms with Gasteiger partial charge in [-0.25, -0.2) is 0 Å². The summed E-state index contributed by atoms with van der Waals surface area (Å²) in [5.41, 5.74) is 0. The van der Waals surface area contributed by atoms with Gasteiger partial charge in [0, 0.05) is 5.39 Å². The van der Waals surface area contributed by atoms with Gasteiger partial charge in [0.25, 0.3) is 10.1 Å². The molecule has 3 N–H and O–H groups in total. The van der Waals surface area contributed by atoms with E-state index in [9.17, 15) is 18.6 Å². The van der Waals surface area contributed by atoms with E-state index in [1.165, 1.54) is 18.2 Å². The van der Waals surface area contributed by atoms with E-state index in [4.69, 9.17) is 4.55 Å². The molecule has 2 rings (SSSR count). The van der Waals surface area contributed by atoms with Crippen LogP contribution in [0.4, 0.5) is 0 Å². The normalized spacial score (nSPS) is 11.8. The Bertz CT molecular complexity index is 660. The Morgan fingerprint density at radius 1 is 1.00 bits per heavy atom. The van der Waals surface area contributed by atoms with E-state index in [2.05, 4.69) is 0 Å². The molecular weight excluding hydrogens is 232 g/mol. The standard InChI is InChI=1S/C10H8O5S/c11-8-4-6-2-1-3-10(16(13,14)15)7(6)5-9(8)12/h1-5,11-12H,(H,13,14,15). The molecule has 16 heavy (non-hydrogen) atoms. The quantitative estimate of drug-likeness (QED) is 0.518. The molecule has 0 aromatic heterocycles. The molecule has 0 fully saturated rings. The summed E-state index contributed by atoms with van der Waals surface area (Å²) in [6.07, 6.45) is 0. The Hall–Kier alpha value is -1.79. The van der Waals surface area contributed by atoms with Crippen molar-refractivity contribution in [2.75, 3.05) is 0 Å². The number of benzene rings is 2. The number of hydrogen-bond acceptors (Lipinski definition) is 4. The maximum atomic E-state index is 11.1. The second-order valence-electron chi connectivity index (χ2n) is 3.29. The third-order valence-corrected chi connectivity index (χ3v) is 3.13. The Labute approximate surface area is 91.3 Å². The van der Waals surface area contributed by atoms with E-state index in [1.54, 1.807) is 6.07 Å². The van der Waals surface area contributed by atoms with Crippen molar-refractivity contribution in [1.82, 2.24) is 0 Å². The fourth-order valence-electron chi connectivity index (χ4n) is 1.50. The first-order chi connectivity index (χ1) is 7.39. The highest BCUT2D eigenvalue weighted by Gasteiger charge is 2.15. The zero-order valence-corrected chi connectivity index (χ0v) is 8.77. The molecule has 2 aromatic carbocycles. The van der Waals surface area contributed by atoms with Gasteiger partial charge in [0.1, 0.15) is 4.90 Å². The summed E-state index contributed by atoms with van der Waals surface area (Å²) in [5, 5.41) is 19.1.